The Morgan fingerprint density at radius 3 is 2.91 bits per heavy atom. The number of rotatable bonds is 5. The lowest BCUT2D eigenvalue weighted by atomic mass is 10.0. The van der Waals surface area contributed by atoms with Crippen molar-refractivity contribution >= 4 is 7.60 Å². The van der Waals surface area contributed by atoms with Gasteiger partial charge in [0, 0.05) is 26.0 Å². The molecule has 0 aromatic carbocycles. The third kappa shape index (κ3) is 2.93. The van der Waals surface area contributed by atoms with Crippen LogP contribution in [0, 0.1) is 0 Å². The van der Waals surface area contributed by atoms with Gasteiger partial charge in [0.05, 0.1) is 13.2 Å². The smallest absolute Gasteiger partial charge is 0.330 e. The second-order valence-corrected chi connectivity index (χ2v) is 7.45. The predicted octanol–water partition coefficient (Wildman–Crippen LogP) is -0.950. The van der Waals surface area contributed by atoms with Crippen molar-refractivity contribution in [2.45, 2.75) is 24.0 Å². The minimum atomic E-state index is -3.81. The van der Waals surface area contributed by atoms with E-state index in [0.29, 0.717) is 0 Å². The highest BCUT2D eigenvalue weighted by Gasteiger charge is 2.64. The van der Waals surface area contributed by atoms with E-state index in [4.69, 9.17) is 18.7 Å². The van der Waals surface area contributed by atoms with Crippen molar-refractivity contribution in [1.82, 2.24) is 9.55 Å². The van der Waals surface area contributed by atoms with E-state index in [-0.39, 0.29) is 13.2 Å². The van der Waals surface area contributed by atoms with Crippen molar-refractivity contribution in [3.05, 3.63) is 33.1 Å². The molecule has 23 heavy (non-hydrogen) atoms. The molecule has 2 bridgehead atoms. The van der Waals surface area contributed by atoms with Crippen molar-refractivity contribution in [2.24, 2.45) is 0 Å². The van der Waals surface area contributed by atoms with Crippen LogP contribution in [-0.2, 0) is 23.3 Å². The van der Waals surface area contributed by atoms with Crippen LogP contribution in [0.5, 0.6) is 0 Å². The van der Waals surface area contributed by atoms with Gasteiger partial charge in [-0.05, 0) is 0 Å². The third-order valence-electron chi connectivity index (χ3n) is 3.80. The van der Waals surface area contributed by atoms with Crippen LogP contribution in [0.3, 0.4) is 0 Å². The zero-order valence-corrected chi connectivity index (χ0v) is 13.4. The van der Waals surface area contributed by atoms with Gasteiger partial charge < -0.3 is 19.1 Å². The van der Waals surface area contributed by atoms with Gasteiger partial charge in [-0.25, -0.2) is 4.79 Å². The predicted molar refractivity (Wildman–Crippen MR) is 76.4 cm³/mol. The molecule has 2 aliphatic rings. The first-order valence-electron chi connectivity index (χ1n) is 6.84. The lowest BCUT2D eigenvalue weighted by Crippen LogP contribution is -2.46. The Hall–Kier alpha value is -1.29. The van der Waals surface area contributed by atoms with Gasteiger partial charge >= 0.3 is 13.3 Å². The fraction of sp³-hybridized carbons (Fsp3) is 0.667. The van der Waals surface area contributed by atoms with E-state index in [1.807, 2.05) is 0 Å². The molecule has 2 saturated heterocycles. The van der Waals surface area contributed by atoms with Crippen molar-refractivity contribution in [3.63, 3.8) is 0 Å². The summed E-state index contributed by atoms with van der Waals surface area (Å²) in [4.78, 5) is 34.8. The Morgan fingerprint density at radius 2 is 2.30 bits per heavy atom. The molecule has 0 amide bonds. The Balaban J connectivity index is 1.98. The minimum Gasteiger partial charge on any atom is -0.381 e. The molecule has 0 saturated carbocycles. The van der Waals surface area contributed by atoms with Gasteiger partial charge in [0.25, 0.3) is 5.56 Å². The van der Waals surface area contributed by atoms with E-state index in [1.54, 1.807) is 0 Å². The van der Waals surface area contributed by atoms with Crippen LogP contribution < -0.4 is 11.2 Å². The van der Waals surface area contributed by atoms with E-state index in [9.17, 15) is 19.0 Å². The molecule has 5 atom stereocenters. The van der Waals surface area contributed by atoms with Crippen LogP contribution in [-0.4, -0.2) is 59.2 Å². The summed E-state index contributed by atoms with van der Waals surface area (Å²) in [5.41, 5.74) is -2.31. The Morgan fingerprint density at radius 1 is 1.57 bits per heavy atom. The second kappa shape index (κ2) is 5.66. The maximum atomic E-state index is 12.0. The number of nitrogens with one attached hydrogen (secondary N) is 1. The van der Waals surface area contributed by atoms with E-state index < -0.39 is 42.9 Å². The van der Waals surface area contributed by atoms with Gasteiger partial charge in [0.1, 0.15) is 17.8 Å². The zero-order chi connectivity index (χ0) is 16.8. The normalized spacial score (nSPS) is 35.3. The van der Waals surface area contributed by atoms with E-state index in [0.717, 1.165) is 11.2 Å². The van der Waals surface area contributed by atoms with Crippen LogP contribution in [0.1, 0.15) is 6.23 Å². The van der Waals surface area contributed by atoms with E-state index in [2.05, 4.69) is 4.98 Å². The van der Waals surface area contributed by atoms with Crippen LogP contribution in [0.4, 0.5) is 0 Å². The number of hydrogen-bond donors (Lipinski definition) is 2. The molecule has 128 valence electrons. The highest BCUT2D eigenvalue weighted by Crippen LogP contribution is 2.52. The summed E-state index contributed by atoms with van der Waals surface area (Å²) in [7, 11) is -2.36. The van der Waals surface area contributed by atoms with Crippen molar-refractivity contribution in [3.8, 4) is 0 Å². The summed E-state index contributed by atoms with van der Waals surface area (Å²) in [5.74, 6) is 0. The van der Waals surface area contributed by atoms with Crippen LogP contribution >= 0.6 is 7.60 Å². The fourth-order valence-corrected chi connectivity index (χ4v) is 3.69. The largest absolute Gasteiger partial charge is 0.381 e. The van der Waals surface area contributed by atoms with Crippen LogP contribution in [0.2, 0.25) is 0 Å². The number of ether oxygens (including phenoxy) is 3. The summed E-state index contributed by atoms with van der Waals surface area (Å²) >= 11 is 0. The first-order chi connectivity index (χ1) is 10.8. The molecule has 2 N–H and O–H groups in total. The molecule has 0 spiro atoms. The number of fused-ring (bicyclic) bond motifs is 2. The summed E-state index contributed by atoms with van der Waals surface area (Å²) in [6.07, 6.45) is -1.29. The average Bonchev–Trinajstić information content (AvgIpc) is 2.89. The summed E-state index contributed by atoms with van der Waals surface area (Å²) in [5, 5.41) is 0. The van der Waals surface area contributed by atoms with Crippen molar-refractivity contribution in [1.29, 1.82) is 0 Å². The van der Waals surface area contributed by atoms with Gasteiger partial charge in [-0.3, -0.25) is 23.4 Å². The SMILES string of the molecule is COC[C@]12CO[C@@H](C1OP(C)(=O)O)[C@H](n1ccc(=O)[nH]c1=O)O2. The van der Waals surface area contributed by atoms with Crippen molar-refractivity contribution < 1.29 is 28.2 Å². The fourth-order valence-electron chi connectivity index (χ4n) is 2.96. The zero-order valence-electron chi connectivity index (χ0n) is 12.5. The maximum Gasteiger partial charge on any atom is 0.330 e. The number of aromatic amines is 1. The third-order valence-corrected chi connectivity index (χ3v) is 4.41. The maximum absolute atomic E-state index is 12.0. The van der Waals surface area contributed by atoms with Gasteiger partial charge in [-0.1, -0.05) is 0 Å². The van der Waals surface area contributed by atoms with Gasteiger partial charge in [-0.15, -0.1) is 0 Å². The van der Waals surface area contributed by atoms with Gasteiger partial charge in [-0.2, -0.15) is 0 Å². The summed E-state index contributed by atoms with van der Waals surface area (Å²) in [6.45, 7) is 1.22. The molecule has 11 heteroatoms. The molecule has 2 unspecified atom stereocenters. The van der Waals surface area contributed by atoms with Crippen LogP contribution in [0.15, 0.2) is 21.9 Å². The number of aromatic nitrogens is 2. The van der Waals surface area contributed by atoms with Crippen LogP contribution in [0.25, 0.3) is 0 Å². The molecule has 0 radical (unpaired) electrons. The summed E-state index contributed by atoms with van der Waals surface area (Å²) in [6, 6.07) is 1.17. The molecule has 1 aromatic rings. The average molecular weight is 348 g/mol. The molecule has 3 heterocycles. The molecule has 2 fully saturated rings. The highest BCUT2D eigenvalue weighted by molar-refractivity contribution is 7.51. The first kappa shape index (κ1) is 16.6. The molecular formula is C12H17N2O8P. The highest BCUT2D eigenvalue weighted by atomic mass is 31.2. The van der Waals surface area contributed by atoms with E-state index in [1.165, 1.54) is 19.4 Å². The number of nitrogens with zero attached hydrogens (tertiary/aromatic N) is 1. The molecule has 1 aromatic heterocycles. The standard InChI is InChI=1S/C12H17N2O8P/c1-19-5-12-6-20-8(9(12)22-23(2,17)18)10(21-12)14-4-3-7(15)13-11(14)16/h3-4,8-10H,5-6H2,1-2H3,(H,17,18)(H,13,15,16)/t8-,9?,10+,12-/m0/s1. The lowest BCUT2D eigenvalue weighted by Gasteiger charge is -2.31. The molecule has 10 nitrogen and oxygen atoms in total. The Labute approximate surface area is 130 Å². The summed E-state index contributed by atoms with van der Waals surface area (Å²) < 4.78 is 34.7. The Bertz CT molecular complexity index is 754. The quantitative estimate of drug-likeness (QED) is 0.652. The number of H-pyrrole nitrogens is 1. The van der Waals surface area contributed by atoms with E-state index >= 15 is 0 Å². The molecular weight excluding hydrogens is 331 g/mol. The molecule has 3 rings (SSSR count). The minimum absolute atomic E-state index is 0.0583. The first-order valence-corrected chi connectivity index (χ1v) is 8.87. The Kier molecular flexibility index (Phi) is 4.07. The van der Waals surface area contributed by atoms with Gasteiger partial charge in [0.15, 0.2) is 6.23 Å². The monoisotopic (exact) mass is 348 g/mol. The second-order valence-electron chi connectivity index (χ2n) is 5.63. The number of hydrogen-bond acceptors (Lipinski definition) is 7. The molecule has 0 aliphatic carbocycles. The lowest BCUT2D eigenvalue weighted by molar-refractivity contribution is -0.190. The van der Waals surface area contributed by atoms with Crippen molar-refractivity contribution in [2.75, 3.05) is 27.0 Å². The topological polar surface area (TPSA) is 129 Å². The van der Waals surface area contributed by atoms with Gasteiger partial charge in [0.2, 0.25) is 0 Å². The number of methoxy groups -OCH3 is 1. The molecule has 2 aliphatic heterocycles.